The Balaban J connectivity index is -0.000000411. The Labute approximate surface area is 131 Å². The molecule has 0 saturated carbocycles. The molecule has 1 unspecified atom stereocenters. The lowest BCUT2D eigenvalue weighted by Gasteiger charge is -2.39. The van der Waals surface area contributed by atoms with Crippen molar-refractivity contribution in [3.63, 3.8) is 0 Å². The number of allylic oxidation sites excluding steroid dienone is 2. The fraction of sp³-hybridized carbons (Fsp3) is 0.667. The number of carbonyl (C=O) groups is 1. The maximum absolute atomic E-state index is 11.7. The average molecular weight is 307 g/mol. The molecule has 0 aromatic heterocycles. The second kappa shape index (κ2) is 10.9. The second-order valence-electron chi connectivity index (χ2n) is 5.75. The van der Waals surface area contributed by atoms with Crippen LogP contribution in [0.4, 0.5) is 0 Å². The van der Waals surface area contributed by atoms with Gasteiger partial charge in [0.15, 0.2) is 6.17 Å². The first kappa shape index (κ1) is 24.2. The fourth-order valence-electron chi connectivity index (χ4n) is 1.94. The Bertz CT molecular complexity index is 316. The number of quaternary nitrogens is 1. The van der Waals surface area contributed by atoms with E-state index in [4.69, 9.17) is 0 Å². The molecule has 20 heavy (non-hydrogen) atoms. The maximum Gasteiger partial charge on any atom is 0.253 e. The van der Waals surface area contributed by atoms with Gasteiger partial charge in [-0.2, -0.15) is 0 Å². The zero-order valence-electron chi connectivity index (χ0n) is 14.0. The lowest BCUT2D eigenvalue weighted by atomic mass is 10.1. The van der Waals surface area contributed by atoms with Gasteiger partial charge in [0.05, 0.1) is 21.1 Å². The van der Waals surface area contributed by atoms with Gasteiger partial charge in [0.2, 0.25) is 0 Å². The highest BCUT2D eigenvalue weighted by Gasteiger charge is 2.29. The molecule has 120 valence electrons. The number of likely N-dealkylation sites (N-methyl/N-ethyl adjacent to an activating group) is 1. The quantitative estimate of drug-likeness (QED) is 0.375. The predicted molar refractivity (Wildman–Crippen MR) is 90.3 cm³/mol. The van der Waals surface area contributed by atoms with Crippen LogP contribution in [0.3, 0.4) is 0 Å². The van der Waals surface area contributed by atoms with E-state index in [9.17, 15) is 4.79 Å². The molecule has 3 N–H and O–H groups in total. The van der Waals surface area contributed by atoms with Crippen molar-refractivity contribution in [3.8, 4) is 0 Å². The molecular formula is C15H33ClN3O+. The molecule has 0 aliphatic heterocycles. The largest absolute Gasteiger partial charge is 0.344 e. The molecule has 0 fully saturated rings. The van der Waals surface area contributed by atoms with Gasteiger partial charge in [0.25, 0.3) is 5.91 Å². The Morgan fingerprint density at radius 1 is 1.30 bits per heavy atom. The summed E-state index contributed by atoms with van der Waals surface area (Å²) in [4.78, 5) is 13.5. The first-order chi connectivity index (χ1) is 8.21. The molecule has 4 nitrogen and oxygen atoms in total. The molecule has 0 saturated heterocycles. The van der Waals surface area contributed by atoms with Crippen molar-refractivity contribution in [2.24, 2.45) is 0 Å². The van der Waals surface area contributed by atoms with Crippen molar-refractivity contribution in [3.05, 3.63) is 24.3 Å². The zero-order chi connectivity index (χ0) is 14.3. The Kier molecular flexibility index (Phi) is 13.2. The highest BCUT2D eigenvalue weighted by atomic mass is 35.5. The predicted octanol–water partition coefficient (Wildman–Crippen LogP) is 3.38. The third-order valence-electron chi connectivity index (χ3n) is 3.06. The molecule has 0 aromatic rings. The summed E-state index contributed by atoms with van der Waals surface area (Å²) in [5.74, 6) is 0.0323. The molecule has 0 radical (unpaired) electrons. The molecule has 0 spiro atoms. The van der Waals surface area contributed by atoms with Crippen LogP contribution in [0.5, 0.6) is 0 Å². The molecule has 0 heterocycles. The summed E-state index contributed by atoms with van der Waals surface area (Å²) in [6.45, 7) is 7.52. The van der Waals surface area contributed by atoms with Gasteiger partial charge in [-0.15, -0.1) is 12.4 Å². The third-order valence-corrected chi connectivity index (χ3v) is 3.06. The topological polar surface area (TPSA) is 55.3 Å². The zero-order valence-corrected chi connectivity index (χ0v) is 14.8. The van der Waals surface area contributed by atoms with Crippen LogP contribution in [-0.4, -0.2) is 49.6 Å². The van der Waals surface area contributed by atoms with Crippen molar-refractivity contribution < 1.29 is 9.28 Å². The van der Waals surface area contributed by atoms with Crippen LogP contribution in [-0.2, 0) is 4.79 Å². The monoisotopic (exact) mass is 306 g/mol. The van der Waals surface area contributed by atoms with Crippen LogP contribution in [0.25, 0.3) is 0 Å². The average Bonchev–Trinajstić information content (AvgIpc) is 2.12. The molecule has 1 atom stereocenters. The molecule has 1 aliphatic carbocycles. The highest BCUT2D eigenvalue weighted by Crippen LogP contribution is 2.13. The van der Waals surface area contributed by atoms with Gasteiger partial charge in [-0.3, -0.25) is 9.69 Å². The summed E-state index contributed by atoms with van der Waals surface area (Å²) in [5, 5.41) is 0. The minimum absolute atomic E-state index is 0. The van der Waals surface area contributed by atoms with Crippen molar-refractivity contribution >= 4 is 18.3 Å². The van der Waals surface area contributed by atoms with Gasteiger partial charge in [-0.1, -0.05) is 25.7 Å². The first-order valence-corrected chi connectivity index (χ1v) is 6.60. The summed E-state index contributed by atoms with van der Waals surface area (Å²) in [6, 6.07) is 0. The van der Waals surface area contributed by atoms with Gasteiger partial charge >= 0.3 is 0 Å². The summed E-state index contributed by atoms with van der Waals surface area (Å²) in [6.07, 6.45) is 8.15. The summed E-state index contributed by atoms with van der Waals surface area (Å²) in [5.41, 5.74) is 0.597. The van der Waals surface area contributed by atoms with Gasteiger partial charge in [0, 0.05) is 19.0 Å². The van der Waals surface area contributed by atoms with Gasteiger partial charge < -0.3 is 10.6 Å². The van der Waals surface area contributed by atoms with E-state index in [-0.39, 0.29) is 30.6 Å². The van der Waals surface area contributed by atoms with Crippen molar-refractivity contribution in [1.29, 1.82) is 0 Å². The number of hydrogen-bond acceptors (Lipinski definition) is 2. The summed E-state index contributed by atoms with van der Waals surface area (Å²) >= 11 is 0. The summed E-state index contributed by atoms with van der Waals surface area (Å²) < 4.78 is 0.756. The molecule has 1 amide bonds. The molecule has 1 rings (SSSR count). The van der Waals surface area contributed by atoms with E-state index in [1.807, 2.05) is 7.05 Å². The van der Waals surface area contributed by atoms with E-state index >= 15 is 0 Å². The Morgan fingerprint density at radius 2 is 1.65 bits per heavy atom. The van der Waals surface area contributed by atoms with E-state index in [1.54, 1.807) is 11.8 Å². The number of nitrogens with zero attached hydrogens (tertiary/aromatic N) is 2. The molecule has 0 aromatic carbocycles. The lowest BCUT2D eigenvalue weighted by molar-refractivity contribution is -0.906. The number of halogens is 1. The molecule has 0 bridgehead atoms. The minimum atomic E-state index is 0. The maximum atomic E-state index is 11.7. The van der Waals surface area contributed by atoms with E-state index in [2.05, 4.69) is 46.8 Å². The normalized spacial score (nSPS) is 13.5. The number of rotatable bonds is 4. The van der Waals surface area contributed by atoms with Crippen LogP contribution in [0, 0.1) is 0 Å². The van der Waals surface area contributed by atoms with Gasteiger partial charge in [0.1, 0.15) is 0 Å². The van der Waals surface area contributed by atoms with Crippen LogP contribution < -0.4 is 6.15 Å². The van der Waals surface area contributed by atoms with Crippen LogP contribution in [0.2, 0.25) is 0 Å². The van der Waals surface area contributed by atoms with Crippen LogP contribution in [0.1, 0.15) is 33.1 Å². The smallest absolute Gasteiger partial charge is 0.253 e. The SMILES string of the molecule is C1=CCC1.C=C(C)C(=O)N(C)C(CC)[N+](C)(C)C.Cl.N. The Hall–Kier alpha value is -0.840. The molecular weight excluding hydrogens is 274 g/mol. The third kappa shape index (κ3) is 8.35. The first-order valence-electron chi connectivity index (χ1n) is 6.60. The molecule has 1 aliphatic rings. The van der Waals surface area contributed by atoms with Gasteiger partial charge in [-0.25, -0.2) is 0 Å². The number of amides is 1. The minimum Gasteiger partial charge on any atom is -0.344 e. The van der Waals surface area contributed by atoms with E-state index in [0.717, 1.165) is 10.9 Å². The van der Waals surface area contributed by atoms with Crippen LogP contribution >= 0.6 is 12.4 Å². The summed E-state index contributed by atoms with van der Waals surface area (Å²) in [7, 11) is 8.12. The van der Waals surface area contributed by atoms with E-state index in [0.29, 0.717) is 5.57 Å². The van der Waals surface area contributed by atoms with Crippen molar-refractivity contribution in [2.45, 2.75) is 39.3 Å². The van der Waals surface area contributed by atoms with Crippen LogP contribution in [0.15, 0.2) is 24.3 Å². The fourth-order valence-corrected chi connectivity index (χ4v) is 1.94. The van der Waals surface area contributed by atoms with Crippen molar-refractivity contribution in [1.82, 2.24) is 11.1 Å². The van der Waals surface area contributed by atoms with Gasteiger partial charge in [-0.05, 0) is 19.8 Å². The molecule has 5 heteroatoms. The highest BCUT2D eigenvalue weighted by molar-refractivity contribution is 5.92. The van der Waals surface area contributed by atoms with E-state index < -0.39 is 0 Å². The second-order valence-corrected chi connectivity index (χ2v) is 5.75. The standard InChI is InChI=1S/C11H23N2O.C4H6.ClH.H3N/c1-8-10(13(5,6)7)12(4)11(14)9(2)3;1-2-4-3-1;;/h10H,2,8H2,1,3-7H3;1-2H,3-4H2;1H;1H3/q+1;;;. The number of carbonyl (C=O) groups excluding carboxylic acids is 1. The van der Waals surface area contributed by atoms with E-state index in [1.165, 1.54) is 12.8 Å². The van der Waals surface area contributed by atoms with Crippen molar-refractivity contribution in [2.75, 3.05) is 28.2 Å². The Morgan fingerprint density at radius 3 is 1.80 bits per heavy atom. The number of hydrogen-bond donors (Lipinski definition) is 1. The lowest BCUT2D eigenvalue weighted by Crippen LogP contribution is -2.55.